The van der Waals surface area contributed by atoms with Crippen molar-refractivity contribution >= 4 is 11.8 Å². The molecule has 1 aliphatic heterocycles. The number of rotatable bonds is 7. The first-order valence-corrected chi connectivity index (χ1v) is 9.69. The van der Waals surface area contributed by atoms with Crippen LogP contribution in [-0.2, 0) is 9.59 Å². The van der Waals surface area contributed by atoms with Gasteiger partial charge in [-0.1, -0.05) is 30.3 Å². The van der Waals surface area contributed by atoms with E-state index < -0.39 is 0 Å². The third-order valence-electron chi connectivity index (χ3n) is 4.87. The van der Waals surface area contributed by atoms with Gasteiger partial charge in [0, 0.05) is 26.2 Å². The first-order chi connectivity index (χ1) is 14.0. The number of benzene rings is 2. The van der Waals surface area contributed by atoms with Crippen LogP contribution in [0.25, 0.3) is 0 Å². The molecule has 3 rings (SSSR count). The molecule has 7 nitrogen and oxygen atoms in total. The van der Waals surface area contributed by atoms with Crippen molar-refractivity contribution in [2.24, 2.45) is 0 Å². The summed E-state index contributed by atoms with van der Waals surface area (Å²) in [4.78, 5) is 28.2. The van der Waals surface area contributed by atoms with Gasteiger partial charge in [0.1, 0.15) is 5.75 Å². The molecule has 1 saturated heterocycles. The van der Waals surface area contributed by atoms with Crippen LogP contribution in [0.5, 0.6) is 17.2 Å². The summed E-state index contributed by atoms with van der Waals surface area (Å²) in [7, 11) is 0. The van der Waals surface area contributed by atoms with Crippen molar-refractivity contribution in [1.82, 2.24) is 9.80 Å². The molecule has 0 aromatic heterocycles. The summed E-state index contributed by atoms with van der Waals surface area (Å²) in [6.45, 7) is 4.08. The molecule has 0 aliphatic carbocycles. The first kappa shape index (κ1) is 20.5. The minimum absolute atomic E-state index is 0.00674. The molecular weight excluding hydrogens is 372 g/mol. The van der Waals surface area contributed by atoms with Crippen molar-refractivity contribution in [3.63, 3.8) is 0 Å². The van der Waals surface area contributed by atoms with Gasteiger partial charge in [-0.05, 0) is 30.7 Å². The molecule has 1 N–H and O–H groups in total. The maximum atomic E-state index is 12.4. The van der Waals surface area contributed by atoms with Gasteiger partial charge in [-0.25, -0.2) is 0 Å². The van der Waals surface area contributed by atoms with Crippen LogP contribution >= 0.6 is 0 Å². The van der Waals surface area contributed by atoms with Crippen LogP contribution in [0.4, 0.5) is 0 Å². The number of hydrogen-bond donors (Lipinski definition) is 1. The Labute approximate surface area is 170 Å². The normalized spacial score (nSPS) is 13.8. The third kappa shape index (κ3) is 5.63. The van der Waals surface area contributed by atoms with Crippen LogP contribution in [0.1, 0.15) is 12.0 Å². The zero-order valence-corrected chi connectivity index (χ0v) is 16.5. The second kappa shape index (κ2) is 9.82. The van der Waals surface area contributed by atoms with E-state index >= 15 is 0 Å². The fourth-order valence-corrected chi connectivity index (χ4v) is 3.14. The Morgan fingerprint density at radius 1 is 0.862 bits per heavy atom. The number of hydrogen-bond acceptors (Lipinski definition) is 5. The summed E-state index contributed by atoms with van der Waals surface area (Å²) >= 11 is 0. The number of phenols is 1. The van der Waals surface area contributed by atoms with Gasteiger partial charge < -0.3 is 24.4 Å². The van der Waals surface area contributed by atoms with Crippen LogP contribution in [-0.4, -0.2) is 66.1 Å². The van der Waals surface area contributed by atoms with Crippen molar-refractivity contribution in [2.45, 2.75) is 13.3 Å². The molecule has 154 valence electrons. The molecule has 2 aromatic carbocycles. The van der Waals surface area contributed by atoms with Crippen molar-refractivity contribution < 1.29 is 24.2 Å². The summed E-state index contributed by atoms with van der Waals surface area (Å²) in [6.07, 6.45) is 0.221. The molecule has 0 saturated carbocycles. The standard InChI is InChI=1S/C22H26N2O5/c1-17-6-2-4-8-19(17)29-16-22(27)24-13-11-23(12-14-24)21(26)10-15-28-20-9-5-3-7-18(20)25/h2-9,25H,10-16H2,1H3. The van der Waals surface area contributed by atoms with E-state index in [0.29, 0.717) is 37.7 Å². The minimum atomic E-state index is -0.0803. The fraction of sp³-hybridized carbons (Fsp3) is 0.364. The maximum Gasteiger partial charge on any atom is 0.260 e. The predicted molar refractivity (Wildman–Crippen MR) is 108 cm³/mol. The van der Waals surface area contributed by atoms with E-state index in [4.69, 9.17) is 9.47 Å². The zero-order valence-electron chi connectivity index (χ0n) is 16.5. The molecule has 0 spiro atoms. The molecule has 2 aromatic rings. The highest BCUT2D eigenvalue weighted by Gasteiger charge is 2.24. The van der Waals surface area contributed by atoms with Gasteiger partial charge in [-0.15, -0.1) is 0 Å². The highest BCUT2D eigenvalue weighted by molar-refractivity contribution is 5.79. The molecule has 1 heterocycles. The van der Waals surface area contributed by atoms with E-state index in [1.165, 1.54) is 6.07 Å². The first-order valence-electron chi connectivity index (χ1n) is 9.69. The smallest absolute Gasteiger partial charge is 0.260 e. The molecule has 0 bridgehead atoms. The molecule has 0 radical (unpaired) electrons. The van der Waals surface area contributed by atoms with Crippen LogP contribution in [0.15, 0.2) is 48.5 Å². The number of nitrogens with zero attached hydrogens (tertiary/aromatic N) is 2. The Bertz CT molecular complexity index is 847. The monoisotopic (exact) mass is 398 g/mol. The Balaban J connectivity index is 1.38. The number of aryl methyl sites for hydroxylation is 1. The van der Waals surface area contributed by atoms with Gasteiger partial charge in [0.05, 0.1) is 13.0 Å². The number of carbonyl (C=O) groups excluding carboxylic acids is 2. The van der Waals surface area contributed by atoms with Gasteiger partial charge in [0.2, 0.25) is 5.91 Å². The molecule has 2 amide bonds. The number of carbonyl (C=O) groups is 2. The number of aromatic hydroxyl groups is 1. The number of phenolic OH excluding ortho intramolecular Hbond substituents is 1. The molecular formula is C22H26N2O5. The lowest BCUT2D eigenvalue weighted by Gasteiger charge is -2.34. The van der Waals surface area contributed by atoms with E-state index in [1.807, 2.05) is 31.2 Å². The van der Waals surface area contributed by atoms with Gasteiger partial charge in [-0.3, -0.25) is 9.59 Å². The number of amides is 2. The fourth-order valence-electron chi connectivity index (χ4n) is 3.14. The van der Waals surface area contributed by atoms with Gasteiger partial charge in [0.15, 0.2) is 18.1 Å². The van der Waals surface area contributed by atoms with Crippen LogP contribution in [0.2, 0.25) is 0 Å². The largest absolute Gasteiger partial charge is 0.504 e. The van der Waals surface area contributed by atoms with E-state index in [9.17, 15) is 14.7 Å². The Morgan fingerprint density at radius 2 is 1.45 bits per heavy atom. The summed E-state index contributed by atoms with van der Waals surface area (Å²) in [5.41, 5.74) is 0.988. The maximum absolute atomic E-state index is 12.4. The quantitative estimate of drug-likeness (QED) is 0.774. The van der Waals surface area contributed by atoms with E-state index in [0.717, 1.165) is 5.56 Å². The van der Waals surface area contributed by atoms with Crippen LogP contribution < -0.4 is 9.47 Å². The lowest BCUT2D eigenvalue weighted by atomic mass is 10.2. The Morgan fingerprint density at radius 3 is 2.10 bits per heavy atom. The topological polar surface area (TPSA) is 79.3 Å². The average Bonchev–Trinajstić information content (AvgIpc) is 2.74. The lowest BCUT2D eigenvalue weighted by molar-refractivity contribution is -0.141. The lowest BCUT2D eigenvalue weighted by Crippen LogP contribution is -2.51. The SMILES string of the molecule is Cc1ccccc1OCC(=O)N1CCN(C(=O)CCOc2ccccc2O)CC1. The molecule has 29 heavy (non-hydrogen) atoms. The highest BCUT2D eigenvalue weighted by atomic mass is 16.5. The highest BCUT2D eigenvalue weighted by Crippen LogP contribution is 2.24. The predicted octanol–water partition coefficient (Wildman–Crippen LogP) is 2.22. The van der Waals surface area contributed by atoms with E-state index in [-0.39, 0.29) is 37.2 Å². The third-order valence-corrected chi connectivity index (χ3v) is 4.87. The molecule has 0 unspecified atom stereocenters. The summed E-state index contributed by atoms with van der Waals surface area (Å²) in [5.74, 6) is 1.02. The van der Waals surface area contributed by atoms with Crippen molar-refractivity contribution in [3.05, 3.63) is 54.1 Å². The second-order valence-corrected chi connectivity index (χ2v) is 6.88. The number of para-hydroxylation sites is 3. The van der Waals surface area contributed by atoms with Gasteiger partial charge >= 0.3 is 0 Å². The Kier molecular flexibility index (Phi) is 6.94. The summed E-state index contributed by atoms with van der Waals surface area (Å²) < 4.78 is 11.1. The van der Waals surface area contributed by atoms with Gasteiger partial charge in [0.25, 0.3) is 5.91 Å². The molecule has 0 atom stereocenters. The molecule has 7 heteroatoms. The summed E-state index contributed by atoms with van der Waals surface area (Å²) in [5, 5.41) is 9.67. The van der Waals surface area contributed by atoms with Crippen LogP contribution in [0.3, 0.4) is 0 Å². The van der Waals surface area contributed by atoms with E-state index in [1.54, 1.807) is 28.0 Å². The Hall–Kier alpha value is -3.22. The number of ether oxygens (including phenoxy) is 2. The van der Waals surface area contributed by atoms with Crippen molar-refractivity contribution in [1.29, 1.82) is 0 Å². The second-order valence-electron chi connectivity index (χ2n) is 6.88. The van der Waals surface area contributed by atoms with Crippen molar-refractivity contribution in [3.8, 4) is 17.2 Å². The average molecular weight is 398 g/mol. The van der Waals surface area contributed by atoms with E-state index in [2.05, 4.69) is 0 Å². The van der Waals surface area contributed by atoms with Gasteiger partial charge in [-0.2, -0.15) is 0 Å². The summed E-state index contributed by atoms with van der Waals surface area (Å²) in [6, 6.07) is 14.2. The molecule has 1 fully saturated rings. The van der Waals surface area contributed by atoms with Crippen LogP contribution in [0, 0.1) is 6.92 Å². The zero-order chi connectivity index (χ0) is 20.6. The van der Waals surface area contributed by atoms with Crippen molar-refractivity contribution in [2.75, 3.05) is 39.4 Å². The minimum Gasteiger partial charge on any atom is -0.504 e. The molecule has 1 aliphatic rings. The number of piperazine rings is 1.